The van der Waals surface area contributed by atoms with Crippen molar-refractivity contribution in [2.75, 3.05) is 18.4 Å². The van der Waals surface area contributed by atoms with Crippen LogP contribution >= 0.6 is 11.6 Å². The Morgan fingerprint density at radius 3 is 2.52 bits per heavy atom. The predicted molar refractivity (Wildman–Crippen MR) is 119 cm³/mol. The Morgan fingerprint density at radius 2 is 1.87 bits per heavy atom. The maximum absolute atomic E-state index is 12.8. The number of anilines is 1. The van der Waals surface area contributed by atoms with Crippen LogP contribution in [0.5, 0.6) is 0 Å². The summed E-state index contributed by atoms with van der Waals surface area (Å²) >= 11 is 6.12. The number of hydrogen-bond donors (Lipinski definition) is 1. The highest BCUT2D eigenvalue weighted by atomic mass is 35.5. The van der Waals surface area contributed by atoms with Gasteiger partial charge in [-0.15, -0.1) is 0 Å². The molecule has 0 aliphatic carbocycles. The third kappa shape index (κ3) is 4.71. The average molecular weight is 465 g/mol. The number of nitrogens with one attached hydrogen (secondary N) is 1. The zero-order valence-electron chi connectivity index (χ0n) is 16.9. The number of aromatic nitrogens is 1. The van der Waals surface area contributed by atoms with Gasteiger partial charge in [0.25, 0.3) is 5.69 Å². The second kappa shape index (κ2) is 9.04. The second-order valence-electron chi connectivity index (χ2n) is 6.73. The number of non-ortho nitro benzene ring substituents is 1. The third-order valence-corrected chi connectivity index (χ3v) is 7.35. The molecule has 1 amide bonds. The molecule has 0 radical (unpaired) electrons. The van der Waals surface area contributed by atoms with Crippen LogP contribution in [0, 0.1) is 10.1 Å². The van der Waals surface area contributed by atoms with Gasteiger partial charge in [0.15, 0.2) is 0 Å². The van der Waals surface area contributed by atoms with Gasteiger partial charge in [-0.1, -0.05) is 25.4 Å². The van der Waals surface area contributed by atoms with Crippen LogP contribution in [0.3, 0.4) is 0 Å². The first kappa shape index (κ1) is 22.7. The van der Waals surface area contributed by atoms with Crippen molar-refractivity contribution >= 4 is 49.8 Å². The fourth-order valence-corrected chi connectivity index (χ4v) is 5.23. The van der Waals surface area contributed by atoms with E-state index in [1.807, 2.05) is 0 Å². The van der Waals surface area contributed by atoms with Gasteiger partial charge in [0, 0.05) is 48.0 Å². The lowest BCUT2D eigenvalue weighted by Gasteiger charge is -2.19. The lowest BCUT2D eigenvalue weighted by molar-refractivity contribution is -0.384. The smallest absolute Gasteiger partial charge is 0.270 e. The van der Waals surface area contributed by atoms with Crippen molar-refractivity contribution < 1.29 is 18.1 Å². The van der Waals surface area contributed by atoms with Gasteiger partial charge in [0.1, 0.15) is 11.4 Å². The topological polar surface area (TPSA) is 115 Å². The first-order valence-corrected chi connectivity index (χ1v) is 11.3. The van der Waals surface area contributed by atoms with Crippen molar-refractivity contribution in [3.63, 3.8) is 0 Å². The summed E-state index contributed by atoms with van der Waals surface area (Å²) in [4.78, 5) is 22.9. The van der Waals surface area contributed by atoms with E-state index in [9.17, 15) is 23.3 Å². The van der Waals surface area contributed by atoms with E-state index in [2.05, 4.69) is 5.32 Å². The Morgan fingerprint density at radius 1 is 1.16 bits per heavy atom. The van der Waals surface area contributed by atoms with Gasteiger partial charge in [0.2, 0.25) is 15.9 Å². The molecule has 3 rings (SSSR count). The van der Waals surface area contributed by atoms with E-state index < -0.39 is 14.9 Å². The van der Waals surface area contributed by atoms with Crippen molar-refractivity contribution in [1.82, 2.24) is 8.87 Å². The van der Waals surface area contributed by atoms with Gasteiger partial charge in [0.05, 0.1) is 9.95 Å². The first-order chi connectivity index (χ1) is 14.7. The highest BCUT2D eigenvalue weighted by Crippen LogP contribution is 2.28. The molecule has 0 saturated carbocycles. The molecule has 1 N–H and O–H groups in total. The maximum atomic E-state index is 12.8. The van der Waals surface area contributed by atoms with Crippen LogP contribution in [0.25, 0.3) is 10.9 Å². The number of nitro benzene ring substituents is 1. The summed E-state index contributed by atoms with van der Waals surface area (Å²) in [6.45, 7) is 4.00. The van der Waals surface area contributed by atoms with E-state index in [0.717, 1.165) is 0 Å². The van der Waals surface area contributed by atoms with Crippen molar-refractivity contribution in [3.8, 4) is 0 Å². The maximum Gasteiger partial charge on any atom is 0.270 e. The van der Waals surface area contributed by atoms with Gasteiger partial charge in [-0.25, -0.2) is 8.42 Å². The van der Waals surface area contributed by atoms with Gasteiger partial charge >= 0.3 is 0 Å². The molecule has 0 fully saturated rings. The zero-order valence-corrected chi connectivity index (χ0v) is 18.5. The van der Waals surface area contributed by atoms with E-state index in [0.29, 0.717) is 29.7 Å². The molecule has 31 heavy (non-hydrogen) atoms. The summed E-state index contributed by atoms with van der Waals surface area (Å²) in [6, 6.07) is 10.4. The standard InChI is InChI=1S/C20H21ClN4O5S/c1-3-24(4-2)31(29,30)19-12-15(5-7-17(19)21)22-20(26)13-23-10-9-14-11-16(25(27)28)6-8-18(14)23/h5-12H,3-4,13H2,1-2H3,(H,22,26). The Labute approximate surface area is 184 Å². The first-order valence-electron chi connectivity index (χ1n) is 9.50. The fraction of sp³-hybridized carbons (Fsp3) is 0.250. The quantitative estimate of drug-likeness (QED) is 0.401. The summed E-state index contributed by atoms with van der Waals surface area (Å²) in [6.07, 6.45) is 1.66. The number of fused-ring (bicyclic) bond motifs is 1. The summed E-state index contributed by atoms with van der Waals surface area (Å²) in [5.41, 5.74) is 0.937. The molecule has 2 aromatic carbocycles. The Bertz CT molecular complexity index is 1250. The molecule has 164 valence electrons. The molecular weight excluding hydrogens is 444 g/mol. The predicted octanol–water partition coefficient (Wildman–Crippen LogP) is 3.87. The molecule has 1 aromatic heterocycles. The van der Waals surface area contributed by atoms with E-state index in [1.165, 1.54) is 34.6 Å². The molecule has 0 atom stereocenters. The number of hydrogen-bond acceptors (Lipinski definition) is 5. The lowest BCUT2D eigenvalue weighted by atomic mass is 10.2. The van der Waals surface area contributed by atoms with Gasteiger partial charge in [-0.05, 0) is 30.3 Å². The molecule has 1 heterocycles. The monoisotopic (exact) mass is 464 g/mol. The Kier molecular flexibility index (Phi) is 6.63. The molecule has 0 bridgehead atoms. The number of carbonyl (C=O) groups excluding carboxylic acids is 1. The molecule has 3 aromatic rings. The second-order valence-corrected chi connectivity index (χ2v) is 9.04. The fourth-order valence-electron chi connectivity index (χ4n) is 3.28. The molecule has 0 spiro atoms. The molecule has 11 heteroatoms. The SMILES string of the molecule is CCN(CC)S(=O)(=O)c1cc(NC(=O)Cn2ccc3cc([N+](=O)[O-])ccc32)ccc1Cl. The van der Waals surface area contributed by atoms with Crippen molar-refractivity contribution in [2.24, 2.45) is 0 Å². The van der Waals surface area contributed by atoms with Crippen molar-refractivity contribution in [1.29, 1.82) is 0 Å². The zero-order chi connectivity index (χ0) is 22.8. The average Bonchev–Trinajstić information content (AvgIpc) is 3.11. The minimum atomic E-state index is -3.79. The highest BCUT2D eigenvalue weighted by molar-refractivity contribution is 7.89. The number of sulfonamides is 1. The van der Waals surface area contributed by atoms with E-state index >= 15 is 0 Å². The third-order valence-electron chi connectivity index (χ3n) is 4.82. The molecular formula is C20H21ClN4O5S. The minimum absolute atomic E-state index is 0.0298. The number of nitrogens with zero attached hydrogens (tertiary/aromatic N) is 3. The summed E-state index contributed by atoms with van der Waals surface area (Å²) < 4.78 is 28.5. The normalized spacial score (nSPS) is 11.7. The number of carbonyl (C=O) groups is 1. The number of amides is 1. The Hall–Kier alpha value is -2.95. The largest absolute Gasteiger partial charge is 0.338 e. The van der Waals surface area contributed by atoms with Gasteiger partial charge < -0.3 is 9.88 Å². The van der Waals surface area contributed by atoms with Crippen LogP contribution in [-0.2, 0) is 21.4 Å². The highest BCUT2D eigenvalue weighted by Gasteiger charge is 2.25. The van der Waals surface area contributed by atoms with Crippen molar-refractivity contribution in [2.45, 2.75) is 25.3 Å². The number of rotatable bonds is 8. The summed E-state index contributed by atoms with van der Waals surface area (Å²) in [7, 11) is -3.79. The van der Waals surface area contributed by atoms with Crippen LogP contribution in [0.1, 0.15) is 13.8 Å². The lowest BCUT2D eigenvalue weighted by Crippen LogP contribution is -2.31. The molecule has 0 aliphatic rings. The van der Waals surface area contributed by atoms with Crippen LogP contribution in [-0.4, -0.2) is 41.2 Å². The summed E-state index contributed by atoms with van der Waals surface area (Å²) in [5, 5.41) is 14.3. The van der Waals surface area contributed by atoms with Crippen LogP contribution in [0.15, 0.2) is 53.6 Å². The number of halogens is 1. The molecule has 0 saturated heterocycles. The van der Waals surface area contributed by atoms with Crippen LogP contribution in [0.4, 0.5) is 11.4 Å². The number of benzene rings is 2. The molecule has 0 aliphatic heterocycles. The summed E-state index contributed by atoms with van der Waals surface area (Å²) in [5.74, 6) is -0.385. The van der Waals surface area contributed by atoms with E-state index in [4.69, 9.17) is 11.6 Å². The minimum Gasteiger partial charge on any atom is -0.338 e. The molecule has 0 unspecified atom stereocenters. The van der Waals surface area contributed by atoms with E-state index in [-0.39, 0.29) is 28.1 Å². The van der Waals surface area contributed by atoms with E-state index in [1.54, 1.807) is 36.7 Å². The van der Waals surface area contributed by atoms with Gasteiger partial charge in [-0.2, -0.15) is 4.31 Å². The number of nitro groups is 1. The van der Waals surface area contributed by atoms with Crippen LogP contribution < -0.4 is 5.32 Å². The molecule has 9 nitrogen and oxygen atoms in total. The van der Waals surface area contributed by atoms with Gasteiger partial charge in [-0.3, -0.25) is 14.9 Å². The van der Waals surface area contributed by atoms with Crippen LogP contribution in [0.2, 0.25) is 5.02 Å². The Balaban J connectivity index is 1.81. The van der Waals surface area contributed by atoms with Crippen molar-refractivity contribution in [3.05, 3.63) is 63.8 Å².